The van der Waals surface area contributed by atoms with Gasteiger partial charge < -0.3 is 9.30 Å². The maximum atomic E-state index is 5.52. The largest absolute Gasteiger partial charge is 0.494 e. The van der Waals surface area contributed by atoms with Gasteiger partial charge in [-0.05, 0) is 17.7 Å². The van der Waals surface area contributed by atoms with Crippen molar-refractivity contribution in [1.82, 2.24) is 20.0 Å². The maximum absolute atomic E-state index is 5.52. The molecule has 3 rings (SSSR count). The van der Waals surface area contributed by atoms with Gasteiger partial charge in [0.2, 0.25) is 0 Å². The fourth-order valence-electron chi connectivity index (χ4n) is 2.30. The van der Waals surface area contributed by atoms with E-state index in [0.29, 0.717) is 10.4 Å². The molecule has 3 aromatic rings. The Hall–Kier alpha value is -2.47. The minimum Gasteiger partial charge on any atom is -0.494 e. The Bertz CT molecular complexity index is 768. The zero-order valence-corrected chi connectivity index (χ0v) is 12.2. The number of ether oxygens (including phenoxy) is 1. The minimum atomic E-state index is -0.146. The van der Waals surface area contributed by atoms with Crippen LogP contribution < -0.4 is 4.74 Å². The lowest BCUT2D eigenvalue weighted by Gasteiger charge is -2.20. The average Bonchev–Trinajstić information content (AvgIpc) is 3.04. The van der Waals surface area contributed by atoms with Crippen molar-refractivity contribution in [2.24, 2.45) is 0 Å². The van der Waals surface area contributed by atoms with Crippen molar-refractivity contribution < 1.29 is 4.74 Å². The van der Waals surface area contributed by atoms with Crippen LogP contribution in [0.5, 0.6) is 5.75 Å². The van der Waals surface area contributed by atoms with Crippen LogP contribution in [0.15, 0.2) is 54.9 Å². The van der Waals surface area contributed by atoms with Gasteiger partial charge in [-0.3, -0.25) is 0 Å². The van der Waals surface area contributed by atoms with Crippen molar-refractivity contribution in [2.75, 3.05) is 7.11 Å². The Labute approximate surface area is 127 Å². The number of nitrogens with zero attached hydrogens (tertiary/aromatic N) is 3. The molecule has 0 fully saturated rings. The van der Waals surface area contributed by atoms with E-state index in [1.54, 1.807) is 13.3 Å². The lowest BCUT2D eigenvalue weighted by Crippen LogP contribution is -2.14. The second kappa shape index (κ2) is 5.88. The molecule has 1 unspecified atom stereocenters. The van der Waals surface area contributed by atoms with Crippen LogP contribution in [-0.2, 0) is 0 Å². The molecule has 21 heavy (non-hydrogen) atoms. The zero-order chi connectivity index (χ0) is 14.7. The highest BCUT2D eigenvalue weighted by molar-refractivity contribution is 7.71. The molecule has 0 saturated carbocycles. The quantitative estimate of drug-likeness (QED) is 0.752. The number of methoxy groups -OCH3 is 1. The lowest BCUT2D eigenvalue weighted by atomic mass is 10.0. The van der Waals surface area contributed by atoms with E-state index in [1.165, 1.54) is 0 Å². The fourth-order valence-corrected chi connectivity index (χ4v) is 2.62. The summed E-state index contributed by atoms with van der Waals surface area (Å²) in [6.45, 7) is 0. The Morgan fingerprint density at radius 3 is 2.67 bits per heavy atom. The molecule has 0 spiro atoms. The second-order valence-electron chi connectivity index (χ2n) is 4.50. The first-order chi connectivity index (χ1) is 10.3. The molecule has 1 aromatic carbocycles. The molecule has 2 aromatic heterocycles. The summed E-state index contributed by atoms with van der Waals surface area (Å²) >= 11 is 5.52. The molecule has 2 heterocycles. The molecule has 0 radical (unpaired) electrons. The van der Waals surface area contributed by atoms with Crippen LogP contribution in [0.3, 0.4) is 0 Å². The molecule has 1 N–H and O–H groups in total. The fraction of sp³-hybridized carbons (Fsp3) is 0.133. The van der Waals surface area contributed by atoms with E-state index in [9.17, 15) is 0 Å². The average molecular weight is 298 g/mol. The summed E-state index contributed by atoms with van der Waals surface area (Å²) in [7, 11) is 1.61. The summed E-state index contributed by atoms with van der Waals surface area (Å²) in [6, 6.07) is 13.7. The van der Waals surface area contributed by atoms with Gasteiger partial charge in [0.25, 0.3) is 0 Å². The topological polar surface area (TPSA) is 55.7 Å². The summed E-state index contributed by atoms with van der Waals surface area (Å²) in [6.07, 6.45) is 3.64. The van der Waals surface area contributed by atoms with Gasteiger partial charge in [-0.1, -0.05) is 42.5 Å². The van der Waals surface area contributed by atoms with Gasteiger partial charge in [0.05, 0.1) is 13.3 Å². The van der Waals surface area contributed by atoms with E-state index in [2.05, 4.69) is 15.4 Å². The zero-order valence-electron chi connectivity index (χ0n) is 11.4. The third-order valence-electron chi connectivity index (χ3n) is 3.27. The summed E-state index contributed by atoms with van der Waals surface area (Å²) in [4.78, 5) is 0. The van der Waals surface area contributed by atoms with Gasteiger partial charge in [0, 0.05) is 6.20 Å². The minimum absolute atomic E-state index is 0.146. The van der Waals surface area contributed by atoms with Crippen LogP contribution in [-0.4, -0.2) is 27.1 Å². The van der Waals surface area contributed by atoms with Gasteiger partial charge in [0.1, 0.15) is 16.4 Å². The molecule has 6 heteroatoms. The predicted octanol–water partition coefficient (Wildman–Crippen LogP) is 2.98. The number of nitrogens with one attached hydrogen (secondary N) is 1. The molecule has 0 aliphatic heterocycles. The van der Waals surface area contributed by atoms with E-state index >= 15 is 0 Å². The van der Waals surface area contributed by atoms with E-state index in [1.807, 2.05) is 53.2 Å². The van der Waals surface area contributed by atoms with E-state index in [4.69, 9.17) is 17.0 Å². The van der Waals surface area contributed by atoms with Gasteiger partial charge >= 0.3 is 0 Å². The van der Waals surface area contributed by atoms with E-state index < -0.39 is 0 Å². The lowest BCUT2D eigenvalue weighted by molar-refractivity contribution is 0.405. The molecular formula is C15H14N4OS. The number of hydrogen-bond donors (Lipinski definition) is 1. The first-order valence-corrected chi connectivity index (χ1v) is 6.88. The molecule has 106 valence electrons. The van der Waals surface area contributed by atoms with E-state index in [0.717, 1.165) is 11.3 Å². The SMILES string of the molecule is COc1cccn(C(c2ccccc2)c2cn[nH]n2)c1=S. The summed E-state index contributed by atoms with van der Waals surface area (Å²) in [5, 5.41) is 10.8. The molecule has 0 bridgehead atoms. The number of aromatic nitrogens is 4. The molecule has 0 aliphatic rings. The van der Waals surface area contributed by atoms with Gasteiger partial charge in [-0.25, -0.2) is 0 Å². The standard InChI is InChI=1S/C15H14N4OS/c1-20-13-8-5-9-19(15(13)21)14(12-10-16-18-17-12)11-6-3-2-4-7-11/h2-10,14H,1H3,(H,16,17,18). The highest BCUT2D eigenvalue weighted by Crippen LogP contribution is 2.27. The first kappa shape index (κ1) is 13.5. The van der Waals surface area contributed by atoms with Gasteiger partial charge in [0.15, 0.2) is 5.75 Å². The normalized spacial score (nSPS) is 12.0. The Kier molecular flexibility index (Phi) is 3.79. The molecule has 5 nitrogen and oxygen atoms in total. The third-order valence-corrected chi connectivity index (χ3v) is 3.68. The highest BCUT2D eigenvalue weighted by Gasteiger charge is 2.19. The molecule has 0 amide bonds. The Balaban J connectivity index is 2.20. The van der Waals surface area contributed by atoms with E-state index in [-0.39, 0.29) is 6.04 Å². The Morgan fingerprint density at radius 2 is 2.00 bits per heavy atom. The van der Waals surface area contributed by atoms with Gasteiger partial charge in [-0.15, -0.1) is 0 Å². The van der Waals surface area contributed by atoms with Crippen LogP contribution in [0.4, 0.5) is 0 Å². The number of hydrogen-bond acceptors (Lipinski definition) is 4. The number of rotatable bonds is 4. The van der Waals surface area contributed by atoms with Crippen molar-refractivity contribution in [1.29, 1.82) is 0 Å². The van der Waals surface area contributed by atoms with Crippen LogP contribution in [0.25, 0.3) is 0 Å². The van der Waals surface area contributed by atoms with Crippen molar-refractivity contribution in [3.63, 3.8) is 0 Å². The van der Waals surface area contributed by atoms with Crippen LogP contribution in [0.2, 0.25) is 0 Å². The van der Waals surface area contributed by atoms with Crippen molar-refractivity contribution >= 4 is 12.2 Å². The first-order valence-electron chi connectivity index (χ1n) is 6.47. The smallest absolute Gasteiger partial charge is 0.153 e. The molecular weight excluding hydrogens is 284 g/mol. The summed E-state index contributed by atoms with van der Waals surface area (Å²) in [5.74, 6) is 0.664. The third kappa shape index (κ3) is 2.57. The number of pyridine rings is 1. The summed E-state index contributed by atoms with van der Waals surface area (Å²) < 4.78 is 7.90. The Morgan fingerprint density at radius 1 is 1.19 bits per heavy atom. The molecule has 0 aliphatic carbocycles. The summed E-state index contributed by atoms with van der Waals surface area (Å²) in [5.41, 5.74) is 1.88. The number of benzene rings is 1. The maximum Gasteiger partial charge on any atom is 0.153 e. The number of aromatic amines is 1. The molecule has 1 atom stereocenters. The predicted molar refractivity (Wildman–Crippen MR) is 81.9 cm³/mol. The monoisotopic (exact) mass is 298 g/mol. The van der Waals surface area contributed by atoms with Crippen LogP contribution >= 0.6 is 12.2 Å². The second-order valence-corrected chi connectivity index (χ2v) is 4.88. The van der Waals surface area contributed by atoms with Gasteiger partial charge in [-0.2, -0.15) is 15.4 Å². The molecule has 0 saturated heterocycles. The van der Waals surface area contributed by atoms with Crippen molar-refractivity contribution in [3.05, 3.63) is 70.8 Å². The van der Waals surface area contributed by atoms with Crippen molar-refractivity contribution in [2.45, 2.75) is 6.04 Å². The van der Waals surface area contributed by atoms with Crippen LogP contribution in [0, 0.1) is 4.64 Å². The van der Waals surface area contributed by atoms with Crippen LogP contribution in [0.1, 0.15) is 17.3 Å². The number of H-pyrrole nitrogens is 1. The van der Waals surface area contributed by atoms with Crippen molar-refractivity contribution in [3.8, 4) is 5.75 Å². The highest BCUT2D eigenvalue weighted by atomic mass is 32.1.